The van der Waals surface area contributed by atoms with Crippen LogP contribution in [0.25, 0.3) is 22.4 Å². The van der Waals surface area contributed by atoms with Gasteiger partial charge in [0, 0.05) is 60.5 Å². The van der Waals surface area contributed by atoms with E-state index in [0.29, 0.717) is 39.9 Å². The monoisotopic (exact) mass is 560 g/mol. The maximum Gasteiger partial charge on any atom is 0.333 e. The van der Waals surface area contributed by atoms with Crippen molar-refractivity contribution in [3.8, 4) is 28.1 Å². The molecule has 3 aromatic heterocycles. The molecule has 0 spiro atoms. The van der Waals surface area contributed by atoms with Crippen LogP contribution in [0.15, 0.2) is 48.9 Å². The number of benzene rings is 1. The lowest BCUT2D eigenvalue weighted by molar-refractivity contribution is 0.0566. The fourth-order valence-electron chi connectivity index (χ4n) is 4.56. The first kappa shape index (κ1) is 27.1. The van der Waals surface area contributed by atoms with Crippen molar-refractivity contribution in [3.63, 3.8) is 0 Å². The summed E-state index contributed by atoms with van der Waals surface area (Å²) in [5.74, 6) is -1.29. The van der Waals surface area contributed by atoms with E-state index in [2.05, 4.69) is 20.4 Å². The average molecular weight is 561 g/mol. The zero-order valence-corrected chi connectivity index (χ0v) is 21.2. The Morgan fingerprint density at radius 1 is 1.12 bits per heavy atom. The smallest absolute Gasteiger partial charge is 0.333 e. The number of rotatable bonds is 7. The van der Waals surface area contributed by atoms with Crippen molar-refractivity contribution in [3.05, 3.63) is 60.6 Å². The first-order valence-corrected chi connectivity index (χ1v) is 12.2. The quantitative estimate of drug-likeness (QED) is 0.274. The summed E-state index contributed by atoms with van der Waals surface area (Å²) in [7, 11) is 1.27. The molecule has 5 rings (SSSR count). The van der Waals surface area contributed by atoms with Gasteiger partial charge in [-0.15, -0.1) is 0 Å². The van der Waals surface area contributed by atoms with E-state index in [1.54, 1.807) is 12.1 Å². The molecular formula is C26H25F5N8O. The summed E-state index contributed by atoms with van der Waals surface area (Å²) in [5, 5.41) is 6.73. The lowest BCUT2D eigenvalue weighted by Gasteiger charge is -2.35. The summed E-state index contributed by atoms with van der Waals surface area (Å²) in [6, 6.07) is 5.67. The molecule has 0 saturated carbocycles. The summed E-state index contributed by atoms with van der Waals surface area (Å²) >= 11 is 0. The number of hydrogen-bond acceptors (Lipinski definition) is 8. The van der Waals surface area contributed by atoms with Crippen molar-refractivity contribution in [1.82, 2.24) is 19.7 Å². The minimum absolute atomic E-state index is 0.0200. The van der Waals surface area contributed by atoms with Gasteiger partial charge in [0.1, 0.15) is 40.9 Å². The second kappa shape index (κ2) is 11.0. The maximum atomic E-state index is 14.8. The summed E-state index contributed by atoms with van der Waals surface area (Å²) in [6.07, 6.45) is 2.98. The van der Waals surface area contributed by atoms with E-state index in [-0.39, 0.29) is 41.5 Å². The third kappa shape index (κ3) is 5.34. The number of anilines is 4. The van der Waals surface area contributed by atoms with Crippen LogP contribution in [0.3, 0.4) is 0 Å². The lowest BCUT2D eigenvalue weighted by atomic mass is 10.0. The molecule has 1 aromatic carbocycles. The van der Waals surface area contributed by atoms with Crippen LogP contribution < -0.4 is 26.4 Å². The normalized spacial score (nSPS) is 17.4. The Bertz CT molecular complexity index is 1530. The van der Waals surface area contributed by atoms with Gasteiger partial charge < -0.3 is 26.4 Å². The summed E-state index contributed by atoms with van der Waals surface area (Å²) < 4.78 is 74.6. The van der Waals surface area contributed by atoms with E-state index in [9.17, 15) is 22.0 Å². The van der Waals surface area contributed by atoms with Crippen molar-refractivity contribution in [2.24, 2.45) is 5.73 Å². The minimum atomic E-state index is -2.82. The van der Waals surface area contributed by atoms with Gasteiger partial charge in [-0.3, -0.25) is 0 Å². The number of nitrogens with one attached hydrogen (secondary N) is 1. The molecule has 0 aliphatic carbocycles. The third-order valence-electron chi connectivity index (χ3n) is 6.56. The van der Waals surface area contributed by atoms with Gasteiger partial charge in [-0.1, -0.05) is 0 Å². The number of piperidine rings is 1. The molecule has 210 valence electrons. The van der Waals surface area contributed by atoms with Gasteiger partial charge in [-0.2, -0.15) is 13.9 Å². The minimum Gasteiger partial charge on any atom is -0.496 e. The zero-order chi connectivity index (χ0) is 28.6. The summed E-state index contributed by atoms with van der Waals surface area (Å²) in [5.41, 5.74) is 13.5. The number of nitrogen functional groups attached to an aromatic ring is 1. The number of nitrogens with zero attached hydrogens (tertiary/aromatic N) is 5. The highest BCUT2D eigenvalue weighted by Gasteiger charge is 2.28. The summed E-state index contributed by atoms with van der Waals surface area (Å²) in [4.78, 5) is 10.7. The number of aromatic nitrogens is 4. The van der Waals surface area contributed by atoms with E-state index >= 15 is 0 Å². The molecule has 2 atom stereocenters. The van der Waals surface area contributed by atoms with Crippen LogP contribution in [-0.4, -0.2) is 52.2 Å². The molecule has 4 heterocycles. The number of nitrogens with two attached hydrogens (primary N) is 2. The van der Waals surface area contributed by atoms with Gasteiger partial charge in [-0.05, 0) is 18.6 Å². The molecule has 4 aromatic rings. The van der Waals surface area contributed by atoms with Gasteiger partial charge in [0.25, 0.3) is 0 Å². The van der Waals surface area contributed by atoms with E-state index in [1.807, 2.05) is 4.90 Å². The Kier molecular flexibility index (Phi) is 7.43. The Balaban J connectivity index is 1.53. The van der Waals surface area contributed by atoms with E-state index in [4.69, 9.17) is 16.2 Å². The largest absolute Gasteiger partial charge is 0.496 e. The topological polar surface area (TPSA) is 120 Å². The highest BCUT2D eigenvalue weighted by molar-refractivity contribution is 5.82. The van der Waals surface area contributed by atoms with Gasteiger partial charge >= 0.3 is 6.55 Å². The number of pyridine rings is 2. The van der Waals surface area contributed by atoms with Gasteiger partial charge in [0.15, 0.2) is 0 Å². The van der Waals surface area contributed by atoms with E-state index in [0.717, 1.165) is 6.07 Å². The number of halogens is 5. The molecule has 5 N–H and O–H groups in total. The Morgan fingerprint density at radius 3 is 2.62 bits per heavy atom. The van der Waals surface area contributed by atoms with Crippen molar-refractivity contribution in [2.75, 3.05) is 36.1 Å². The standard InChI is InChI=1S/C26H25F5N8O/c1-40-21-7-14(27)6-17(29)24(21)25-18(32)2-3-22(37-25)36-23-8-20(38-5-4-16(28)19(33)12-38)15(10-34-23)13-9-35-39(11-13)26(30)31/h2-3,6-11,16,19,26H,4-5,12,32-33H2,1H3,(H,34,36,37)/t16-,19-/m1/s1. The molecule has 40 heavy (non-hydrogen) atoms. The summed E-state index contributed by atoms with van der Waals surface area (Å²) in [6.45, 7) is -2.30. The van der Waals surface area contributed by atoms with Crippen LogP contribution in [-0.2, 0) is 0 Å². The molecular weight excluding hydrogens is 535 g/mol. The molecule has 1 fully saturated rings. The first-order chi connectivity index (χ1) is 19.1. The van der Waals surface area contributed by atoms with Gasteiger partial charge in [0.05, 0.1) is 30.6 Å². The Morgan fingerprint density at radius 2 is 1.93 bits per heavy atom. The fraction of sp³-hybridized carbons (Fsp3) is 0.269. The molecule has 9 nitrogen and oxygen atoms in total. The van der Waals surface area contributed by atoms with E-state index in [1.165, 1.54) is 31.8 Å². The van der Waals surface area contributed by atoms with Crippen molar-refractivity contribution in [1.29, 1.82) is 0 Å². The van der Waals surface area contributed by atoms with Crippen LogP contribution in [0.1, 0.15) is 13.0 Å². The molecule has 0 unspecified atom stereocenters. The first-order valence-electron chi connectivity index (χ1n) is 12.2. The highest BCUT2D eigenvalue weighted by Crippen LogP contribution is 2.38. The number of alkyl halides is 3. The number of ether oxygens (including phenoxy) is 1. The Labute approximate surface area is 225 Å². The van der Waals surface area contributed by atoms with Crippen LogP contribution in [0.2, 0.25) is 0 Å². The van der Waals surface area contributed by atoms with Crippen LogP contribution in [0.5, 0.6) is 5.75 Å². The highest BCUT2D eigenvalue weighted by atomic mass is 19.3. The van der Waals surface area contributed by atoms with Crippen molar-refractivity contribution in [2.45, 2.75) is 25.2 Å². The molecule has 0 bridgehead atoms. The fourth-order valence-corrected chi connectivity index (χ4v) is 4.56. The molecule has 0 radical (unpaired) electrons. The molecule has 1 saturated heterocycles. The number of hydrogen-bond donors (Lipinski definition) is 3. The third-order valence-corrected chi connectivity index (χ3v) is 6.56. The zero-order valence-electron chi connectivity index (χ0n) is 21.2. The predicted molar refractivity (Wildman–Crippen MR) is 140 cm³/mol. The molecule has 0 amide bonds. The SMILES string of the molecule is COc1cc(F)cc(F)c1-c1nc(Nc2cc(N3CC[C@@H](F)[C@H](N)C3)c(-c3cnn(C(F)F)c3)cn2)ccc1N. The van der Waals surface area contributed by atoms with E-state index < -0.39 is 30.4 Å². The average Bonchev–Trinajstić information content (AvgIpc) is 3.42. The molecule has 1 aliphatic heterocycles. The van der Waals surface area contributed by atoms with Crippen molar-refractivity contribution < 1.29 is 26.7 Å². The predicted octanol–water partition coefficient (Wildman–Crippen LogP) is 4.89. The van der Waals surface area contributed by atoms with Crippen LogP contribution in [0.4, 0.5) is 45.0 Å². The second-order valence-corrected chi connectivity index (χ2v) is 9.21. The maximum absolute atomic E-state index is 14.8. The van der Waals surface area contributed by atoms with Gasteiger partial charge in [-0.25, -0.2) is 27.8 Å². The number of methoxy groups -OCH3 is 1. The van der Waals surface area contributed by atoms with Crippen LogP contribution in [0, 0.1) is 11.6 Å². The second-order valence-electron chi connectivity index (χ2n) is 9.21. The van der Waals surface area contributed by atoms with Crippen LogP contribution >= 0.6 is 0 Å². The molecule has 1 aliphatic rings. The Hall–Kier alpha value is -4.46. The molecule has 14 heteroatoms. The lowest BCUT2D eigenvalue weighted by Crippen LogP contribution is -2.49. The van der Waals surface area contributed by atoms with Crippen molar-refractivity contribution >= 4 is 23.0 Å². The van der Waals surface area contributed by atoms with Gasteiger partial charge in [0.2, 0.25) is 0 Å².